The molecule has 1 fully saturated rings. The maximum Gasteiger partial charge on any atom is 0.276 e. The molecular weight excluding hydrogens is 398 g/mol. The van der Waals surface area contributed by atoms with Gasteiger partial charge in [0.15, 0.2) is 5.69 Å². The first-order valence-corrected chi connectivity index (χ1v) is 11.0. The second-order valence-electron chi connectivity index (χ2n) is 8.23. The Morgan fingerprint density at radius 2 is 1.97 bits per heavy atom. The van der Waals surface area contributed by atoms with E-state index in [9.17, 15) is 4.79 Å². The van der Waals surface area contributed by atoms with E-state index in [2.05, 4.69) is 44.1 Å². The lowest BCUT2D eigenvalue weighted by Gasteiger charge is -2.14. The summed E-state index contributed by atoms with van der Waals surface area (Å²) in [6, 6.07) is 13.9. The van der Waals surface area contributed by atoms with E-state index in [1.165, 1.54) is 31.5 Å². The van der Waals surface area contributed by atoms with E-state index >= 15 is 0 Å². The number of hydrogen-bond donors (Lipinski definition) is 2. The van der Waals surface area contributed by atoms with Crippen LogP contribution in [0, 0.1) is 0 Å². The van der Waals surface area contributed by atoms with Crippen LogP contribution in [0.5, 0.6) is 0 Å². The summed E-state index contributed by atoms with van der Waals surface area (Å²) in [5, 5.41) is 10.9. The molecule has 6 heteroatoms. The van der Waals surface area contributed by atoms with Gasteiger partial charge in [-0.05, 0) is 75.7 Å². The summed E-state index contributed by atoms with van der Waals surface area (Å²) >= 11 is 0. The van der Waals surface area contributed by atoms with Crippen molar-refractivity contribution in [1.82, 2.24) is 15.1 Å². The number of carbonyl (C=O) groups excluding carboxylic acids is 1. The first-order valence-electron chi connectivity index (χ1n) is 11.0. The van der Waals surface area contributed by atoms with Crippen LogP contribution in [0.4, 0.5) is 5.69 Å². The largest absolute Gasteiger partial charge is 0.321 e. The number of allylic oxidation sites excluding steroid dienone is 2. The molecule has 32 heavy (non-hydrogen) atoms. The summed E-state index contributed by atoms with van der Waals surface area (Å²) < 4.78 is 0. The zero-order valence-electron chi connectivity index (χ0n) is 18.7. The topological polar surface area (TPSA) is 73.4 Å². The zero-order valence-corrected chi connectivity index (χ0v) is 18.7. The molecule has 0 spiro atoms. The number of benzene rings is 2. The zero-order chi connectivity index (χ0) is 22.5. The van der Waals surface area contributed by atoms with Crippen molar-refractivity contribution in [1.29, 1.82) is 0 Å². The third-order valence-electron chi connectivity index (χ3n) is 5.54. The van der Waals surface area contributed by atoms with Crippen molar-refractivity contribution in [2.45, 2.75) is 33.2 Å². The number of hydrogen-bond acceptors (Lipinski definition) is 4. The Labute approximate surface area is 188 Å². The van der Waals surface area contributed by atoms with Gasteiger partial charge in [-0.25, -0.2) is 0 Å². The van der Waals surface area contributed by atoms with Crippen LogP contribution in [-0.2, 0) is 6.54 Å². The first kappa shape index (κ1) is 21.7. The minimum atomic E-state index is -0.245. The highest BCUT2D eigenvalue weighted by Crippen LogP contribution is 2.25. The van der Waals surface area contributed by atoms with E-state index in [0.29, 0.717) is 5.69 Å². The minimum absolute atomic E-state index is 0.245. The lowest BCUT2D eigenvalue weighted by Crippen LogP contribution is -2.18. The van der Waals surface area contributed by atoms with Crippen molar-refractivity contribution in [3.05, 3.63) is 77.5 Å². The normalized spacial score (nSPS) is 15.0. The Kier molecular flexibility index (Phi) is 6.61. The van der Waals surface area contributed by atoms with Crippen molar-refractivity contribution in [2.75, 3.05) is 18.4 Å². The maximum atomic E-state index is 13.0. The van der Waals surface area contributed by atoms with Crippen LogP contribution in [0.25, 0.3) is 16.6 Å². The number of likely N-dealkylation sites (tertiary alicyclic amines) is 1. The van der Waals surface area contributed by atoms with Crippen molar-refractivity contribution in [3.8, 4) is 0 Å². The van der Waals surface area contributed by atoms with Gasteiger partial charge in [-0.2, -0.15) is 5.10 Å². The summed E-state index contributed by atoms with van der Waals surface area (Å²) in [5.41, 5.74) is 5.78. The average Bonchev–Trinajstić information content (AvgIpc) is 3.44. The first-order chi connectivity index (χ1) is 15.5. The number of aromatic nitrogens is 2. The van der Waals surface area contributed by atoms with Crippen LogP contribution in [0.1, 0.15) is 48.3 Å². The molecule has 0 unspecified atom stereocenters. The summed E-state index contributed by atoms with van der Waals surface area (Å²) in [5.74, 6) is -0.245. The van der Waals surface area contributed by atoms with Gasteiger partial charge < -0.3 is 5.32 Å². The van der Waals surface area contributed by atoms with E-state index < -0.39 is 0 Å². The van der Waals surface area contributed by atoms with E-state index in [1.54, 1.807) is 6.21 Å². The Balaban J connectivity index is 1.53. The fourth-order valence-corrected chi connectivity index (χ4v) is 4.00. The molecule has 3 aromatic rings. The van der Waals surface area contributed by atoms with Gasteiger partial charge in [-0.3, -0.25) is 19.8 Å². The molecule has 2 heterocycles. The van der Waals surface area contributed by atoms with Gasteiger partial charge in [0.25, 0.3) is 5.91 Å². The molecule has 0 radical (unpaired) electrons. The van der Waals surface area contributed by atoms with Crippen LogP contribution in [0.3, 0.4) is 0 Å². The molecule has 0 atom stereocenters. The van der Waals surface area contributed by atoms with Crippen molar-refractivity contribution >= 4 is 34.4 Å². The number of nitrogens with one attached hydrogen (secondary N) is 2. The maximum absolute atomic E-state index is 13.0. The van der Waals surface area contributed by atoms with Gasteiger partial charge in [-0.15, -0.1) is 0 Å². The highest BCUT2D eigenvalue weighted by molar-refractivity contribution is 6.11. The van der Waals surface area contributed by atoms with Crippen LogP contribution < -0.4 is 5.32 Å². The molecule has 0 saturated carbocycles. The standard InChI is InChI=1S/C26H29N5O/c1-4-27-24(15-18(2)3)20-9-12-23-22(16-20)25(30-29-23)26(32)28-21-10-7-19(8-11-21)17-31-13-5-6-14-31/h4,7-12,15-16H,2,5-6,13-14,17H2,1,3H3,(H,28,32)(H,29,30)/b24-15-,27-4-. The van der Waals surface area contributed by atoms with E-state index in [1.807, 2.05) is 50.3 Å². The fraction of sp³-hybridized carbons (Fsp3) is 0.269. The number of anilines is 1. The van der Waals surface area contributed by atoms with Gasteiger partial charge in [0.05, 0.1) is 11.2 Å². The van der Waals surface area contributed by atoms with Crippen molar-refractivity contribution < 1.29 is 4.79 Å². The number of rotatable bonds is 7. The van der Waals surface area contributed by atoms with Crippen LogP contribution >= 0.6 is 0 Å². The molecule has 1 aromatic heterocycles. The molecule has 2 aromatic carbocycles. The number of H-pyrrole nitrogens is 1. The van der Waals surface area contributed by atoms with E-state index in [0.717, 1.165) is 40.0 Å². The predicted molar refractivity (Wildman–Crippen MR) is 132 cm³/mol. The summed E-state index contributed by atoms with van der Waals surface area (Å²) in [4.78, 5) is 19.9. The summed E-state index contributed by atoms with van der Waals surface area (Å²) in [6.45, 7) is 11.0. The third-order valence-corrected chi connectivity index (χ3v) is 5.54. The molecule has 0 aliphatic carbocycles. The minimum Gasteiger partial charge on any atom is -0.321 e. The molecule has 1 aliphatic heterocycles. The molecule has 1 aliphatic rings. The van der Waals surface area contributed by atoms with Gasteiger partial charge in [-0.1, -0.05) is 30.4 Å². The molecule has 4 rings (SSSR count). The number of amides is 1. The highest BCUT2D eigenvalue weighted by Gasteiger charge is 2.16. The van der Waals surface area contributed by atoms with Crippen LogP contribution in [-0.4, -0.2) is 40.3 Å². The average molecular weight is 428 g/mol. The molecule has 0 bridgehead atoms. The number of carbonyl (C=O) groups is 1. The Morgan fingerprint density at radius 3 is 2.66 bits per heavy atom. The van der Waals surface area contributed by atoms with Gasteiger partial charge in [0.2, 0.25) is 0 Å². The SMILES string of the molecule is C=C(C)/C=C(\N=C/C)c1ccc2[nH]nc(C(=O)Nc3ccc(CN4CCCC4)cc3)c2c1. The summed E-state index contributed by atoms with van der Waals surface area (Å²) in [7, 11) is 0. The molecular formula is C26H29N5O. The Hall–Kier alpha value is -3.51. The Bertz CT molecular complexity index is 1180. The number of nitrogens with zero attached hydrogens (tertiary/aromatic N) is 3. The molecule has 1 amide bonds. The van der Waals surface area contributed by atoms with Gasteiger partial charge >= 0.3 is 0 Å². The van der Waals surface area contributed by atoms with Crippen molar-refractivity contribution in [2.24, 2.45) is 4.99 Å². The predicted octanol–water partition coefficient (Wildman–Crippen LogP) is 5.42. The van der Waals surface area contributed by atoms with Crippen LogP contribution in [0.2, 0.25) is 0 Å². The van der Waals surface area contributed by atoms with Crippen LogP contribution in [0.15, 0.2) is 65.7 Å². The number of aliphatic imine (C=N–C) groups is 1. The highest BCUT2D eigenvalue weighted by atomic mass is 16.1. The molecule has 1 saturated heterocycles. The number of aromatic amines is 1. The number of fused-ring (bicyclic) bond motifs is 1. The van der Waals surface area contributed by atoms with Crippen molar-refractivity contribution in [3.63, 3.8) is 0 Å². The van der Waals surface area contributed by atoms with Gasteiger partial charge in [0.1, 0.15) is 0 Å². The second kappa shape index (κ2) is 9.75. The molecule has 2 N–H and O–H groups in total. The molecule has 164 valence electrons. The Morgan fingerprint density at radius 1 is 1.22 bits per heavy atom. The lowest BCUT2D eigenvalue weighted by atomic mass is 10.1. The lowest BCUT2D eigenvalue weighted by molar-refractivity contribution is 0.102. The third kappa shape index (κ3) is 5.03. The van der Waals surface area contributed by atoms with Gasteiger partial charge in [0, 0.05) is 29.4 Å². The van der Waals surface area contributed by atoms with E-state index in [-0.39, 0.29) is 5.91 Å². The fourth-order valence-electron chi connectivity index (χ4n) is 4.00. The summed E-state index contributed by atoms with van der Waals surface area (Å²) in [6.07, 6.45) is 6.23. The monoisotopic (exact) mass is 427 g/mol. The second-order valence-corrected chi connectivity index (χ2v) is 8.23. The van der Waals surface area contributed by atoms with E-state index in [4.69, 9.17) is 0 Å². The quantitative estimate of drug-likeness (QED) is 0.391. The molecule has 6 nitrogen and oxygen atoms in total. The smallest absolute Gasteiger partial charge is 0.276 e.